The van der Waals surface area contributed by atoms with Crippen LogP contribution in [-0.2, 0) is 4.79 Å². The SMILES string of the molecule is CCCN(CC(=O)NC)C(=O)c1cc(C)ccc1F. The number of rotatable bonds is 5. The average Bonchev–Trinajstić information content (AvgIpc) is 2.40. The Morgan fingerprint density at radius 1 is 1.37 bits per heavy atom. The summed E-state index contributed by atoms with van der Waals surface area (Å²) in [7, 11) is 1.50. The highest BCUT2D eigenvalue weighted by Crippen LogP contribution is 2.13. The Labute approximate surface area is 112 Å². The van der Waals surface area contributed by atoms with Crippen molar-refractivity contribution in [3.8, 4) is 0 Å². The lowest BCUT2D eigenvalue weighted by Crippen LogP contribution is -2.40. The molecule has 1 N–H and O–H groups in total. The van der Waals surface area contributed by atoms with Crippen LogP contribution in [0.25, 0.3) is 0 Å². The molecular formula is C14H19FN2O2. The van der Waals surface area contributed by atoms with E-state index in [0.717, 1.165) is 5.56 Å². The van der Waals surface area contributed by atoms with Gasteiger partial charge < -0.3 is 10.2 Å². The third kappa shape index (κ3) is 4.05. The zero-order valence-electron chi connectivity index (χ0n) is 11.5. The molecule has 0 bridgehead atoms. The van der Waals surface area contributed by atoms with E-state index < -0.39 is 11.7 Å². The number of hydrogen-bond donors (Lipinski definition) is 1. The van der Waals surface area contributed by atoms with Gasteiger partial charge in [0.25, 0.3) is 5.91 Å². The van der Waals surface area contributed by atoms with E-state index >= 15 is 0 Å². The fourth-order valence-electron chi connectivity index (χ4n) is 1.75. The van der Waals surface area contributed by atoms with E-state index in [9.17, 15) is 14.0 Å². The maximum Gasteiger partial charge on any atom is 0.257 e. The average molecular weight is 266 g/mol. The van der Waals surface area contributed by atoms with E-state index in [0.29, 0.717) is 13.0 Å². The van der Waals surface area contributed by atoms with Crippen LogP contribution in [0.1, 0.15) is 29.3 Å². The Bertz CT molecular complexity index is 475. The van der Waals surface area contributed by atoms with Gasteiger partial charge in [-0.15, -0.1) is 0 Å². The van der Waals surface area contributed by atoms with Gasteiger partial charge in [0.05, 0.1) is 12.1 Å². The molecule has 0 saturated heterocycles. The number of benzene rings is 1. The second-order valence-corrected chi connectivity index (χ2v) is 4.38. The molecule has 0 unspecified atom stereocenters. The molecule has 104 valence electrons. The Hall–Kier alpha value is -1.91. The molecule has 0 spiro atoms. The van der Waals surface area contributed by atoms with Crippen LogP contribution in [0.4, 0.5) is 4.39 Å². The molecule has 0 aliphatic carbocycles. The van der Waals surface area contributed by atoms with Crippen LogP contribution >= 0.6 is 0 Å². The largest absolute Gasteiger partial charge is 0.358 e. The van der Waals surface area contributed by atoms with Gasteiger partial charge >= 0.3 is 0 Å². The molecule has 0 saturated carbocycles. The smallest absolute Gasteiger partial charge is 0.257 e. The monoisotopic (exact) mass is 266 g/mol. The van der Waals surface area contributed by atoms with Gasteiger partial charge in [-0.2, -0.15) is 0 Å². The molecule has 1 aromatic rings. The first kappa shape index (κ1) is 15.1. The minimum atomic E-state index is -0.561. The van der Waals surface area contributed by atoms with Crippen molar-refractivity contribution in [3.05, 3.63) is 35.1 Å². The summed E-state index contributed by atoms with van der Waals surface area (Å²) in [6, 6.07) is 4.38. The number of nitrogens with zero attached hydrogens (tertiary/aromatic N) is 1. The van der Waals surface area contributed by atoms with Crippen molar-refractivity contribution in [1.82, 2.24) is 10.2 Å². The lowest BCUT2D eigenvalue weighted by molar-refractivity contribution is -0.121. The fourth-order valence-corrected chi connectivity index (χ4v) is 1.75. The normalized spacial score (nSPS) is 10.1. The van der Waals surface area contributed by atoms with Crippen LogP contribution in [0.15, 0.2) is 18.2 Å². The highest BCUT2D eigenvalue weighted by molar-refractivity contribution is 5.96. The number of carbonyl (C=O) groups is 2. The molecule has 19 heavy (non-hydrogen) atoms. The minimum Gasteiger partial charge on any atom is -0.358 e. The number of carbonyl (C=O) groups excluding carboxylic acids is 2. The molecule has 0 fully saturated rings. The first-order valence-electron chi connectivity index (χ1n) is 6.25. The third-order valence-corrected chi connectivity index (χ3v) is 2.75. The topological polar surface area (TPSA) is 49.4 Å². The summed E-state index contributed by atoms with van der Waals surface area (Å²) in [5.74, 6) is -1.28. The lowest BCUT2D eigenvalue weighted by Gasteiger charge is -2.21. The Morgan fingerprint density at radius 2 is 2.05 bits per heavy atom. The first-order valence-corrected chi connectivity index (χ1v) is 6.25. The maximum absolute atomic E-state index is 13.7. The van der Waals surface area contributed by atoms with Gasteiger partial charge in [0, 0.05) is 13.6 Å². The molecular weight excluding hydrogens is 247 g/mol. The molecule has 0 aromatic heterocycles. The van der Waals surface area contributed by atoms with Crippen molar-refractivity contribution in [2.24, 2.45) is 0 Å². The van der Waals surface area contributed by atoms with Gasteiger partial charge in [0.2, 0.25) is 5.91 Å². The summed E-state index contributed by atoms with van der Waals surface area (Å²) in [4.78, 5) is 25.0. The zero-order chi connectivity index (χ0) is 14.4. The molecule has 0 aliphatic rings. The second kappa shape index (κ2) is 6.87. The van der Waals surface area contributed by atoms with Crippen LogP contribution < -0.4 is 5.32 Å². The van der Waals surface area contributed by atoms with Crippen LogP contribution in [0.3, 0.4) is 0 Å². The van der Waals surface area contributed by atoms with Gasteiger partial charge in [-0.1, -0.05) is 18.6 Å². The Kier molecular flexibility index (Phi) is 5.48. The van der Waals surface area contributed by atoms with E-state index in [1.165, 1.54) is 24.1 Å². The summed E-state index contributed by atoms with van der Waals surface area (Å²) in [6.07, 6.45) is 0.705. The van der Waals surface area contributed by atoms with E-state index in [1.807, 2.05) is 6.92 Å². The molecule has 0 atom stereocenters. The van der Waals surface area contributed by atoms with E-state index in [4.69, 9.17) is 0 Å². The van der Waals surface area contributed by atoms with Crippen molar-refractivity contribution in [3.63, 3.8) is 0 Å². The van der Waals surface area contributed by atoms with Crippen molar-refractivity contribution in [2.45, 2.75) is 20.3 Å². The molecule has 1 aromatic carbocycles. The van der Waals surface area contributed by atoms with Crippen LogP contribution in [-0.4, -0.2) is 36.9 Å². The predicted molar refractivity (Wildman–Crippen MR) is 71.4 cm³/mol. The quantitative estimate of drug-likeness (QED) is 0.882. The van der Waals surface area contributed by atoms with E-state index in [-0.39, 0.29) is 18.0 Å². The number of nitrogens with one attached hydrogen (secondary N) is 1. The van der Waals surface area contributed by atoms with Crippen LogP contribution in [0, 0.1) is 12.7 Å². The molecule has 4 nitrogen and oxygen atoms in total. The molecule has 1 rings (SSSR count). The molecule has 5 heteroatoms. The Morgan fingerprint density at radius 3 is 2.63 bits per heavy atom. The highest BCUT2D eigenvalue weighted by Gasteiger charge is 2.20. The minimum absolute atomic E-state index is 0.0114. The number of halogens is 1. The summed E-state index contributed by atoms with van der Waals surface area (Å²) < 4.78 is 13.7. The standard InChI is InChI=1S/C14H19FN2O2/c1-4-7-17(9-13(18)16-3)14(19)11-8-10(2)5-6-12(11)15/h5-6,8H,4,7,9H2,1-3H3,(H,16,18). The predicted octanol–water partition coefficient (Wildman–Crippen LogP) is 1.73. The third-order valence-electron chi connectivity index (χ3n) is 2.75. The number of aryl methyl sites for hydroxylation is 1. The highest BCUT2D eigenvalue weighted by atomic mass is 19.1. The number of amides is 2. The number of likely N-dealkylation sites (N-methyl/N-ethyl adjacent to an activating group) is 1. The first-order chi connectivity index (χ1) is 8.99. The lowest BCUT2D eigenvalue weighted by atomic mass is 10.1. The molecule has 2 amide bonds. The van der Waals surface area contributed by atoms with Gasteiger partial charge in [0.15, 0.2) is 0 Å². The van der Waals surface area contributed by atoms with Crippen molar-refractivity contribution >= 4 is 11.8 Å². The fraction of sp³-hybridized carbons (Fsp3) is 0.429. The van der Waals surface area contributed by atoms with Crippen molar-refractivity contribution in [2.75, 3.05) is 20.1 Å². The van der Waals surface area contributed by atoms with E-state index in [1.54, 1.807) is 13.0 Å². The van der Waals surface area contributed by atoms with Gasteiger partial charge in [-0.05, 0) is 25.5 Å². The summed E-state index contributed by atoms with van der Waals surface area (Å²) in [5, 5.41) is 2.46. The summed E-state index contributed by atoms with van der Waals surface area (Å²) in [6.45, 7) is 4.05. The van der Waals surface area contributed by atoms with Crippen molar-refractivity contribution < 1.29 is 14.0 Å². The summed E-state index contributed by atoms with van der Waals surface area (Å²) >= 11 is 0. The summed E-state index contributed by atoms with van der Waals surface area (Å²) in [5.41, 5.74) is 0.818. The van der Waals surface area contributed by atoms with Crippen LogP contribution in [0.5, 0.6) is 0 Å². The van der Waals surface area contributed by atoms with Crippen molar-refractivity contribution in [1.29, 1.82) is 0 Å². The molecule has 0 radical (unpaired) electrons. The zero-order valence-corrected chi connectivity index (χ0v) is 11.5. The molecule has 0 aliphatic heterocycles. The van der Waals surface area contributed by atoms with Gasteiger partial charge in [-0.25, -0.2) is 4.39 Å². The second-order valence-electron chi connectivity index (χ2n) is 4.38. The molecule has 0 heterocycles. The van der Waals surface area contributed by atoms with Crippen LogP contribution in [0.2, 0.25) is 0 Å². The van der Waals surface area contributed by atoms with E-state index in [2.05, 4.69) is 5.32 Å². The Balaban J connectivity index is 2.98. The van der Waals surface area contributed by atoms with Gasteiger partial charge in [-0.3, -0.25) is 9.59 Å². The maximum atomic E-state index is 13.7. The van der Waals surface area contributed by atoms with Gasteiger partial charge in [0.1, 0.15) is 5.82 Å². The number of hydrogen-bond acceptors (Lipinski definition) is 2.